The summed E-state index contributed by atoms with van der Waals surface area (Å²) in [5.41, 5.74) is 6.32. The quantitative estimate of drug-likeness (QED) is 0.777. The number of benzene rings is 1. The summed E-state index contributed by atoms with van der Waals surface area (Å²) in [5.74, 6) is -0.545. The first-order valence-electron chi connectivity index (χ1n) is 7.58. The molecule has 2 unspecified atom stereocenters. The zero-order valence-corrected chi connectivity index (χ0v) is 14.0. The molecule has 2 atom stereocenters. The number of nitrogens with two attached hydrogens (primary N) is 1. The van der Waals surface area contributed by atoms with Gasteiger partial charge in [-0.05, 0) is 31.4 Å². The van der Waals surface area contributed by atoms with Crippen molar-refractivity contribution in [3.8, 4) is 5.75 Å². The molecule has 23 heavy (non-hydrogen) atoms. The molecule has 1 saturated carbocycles. The van der Waals surface area contributed by atoms with Crippen LogP contribution in [0.2, 0.25) is 0 Å². The SMILES string of the molecule is COCCOc1ccc(NC(=O)C2CCCC(N)C2)cc1F.Cl. The van der Waals surface area contributed by atoms with Crippen LogP contribution in [0, 0.1) is 11.7 Å². The minimum atomic E-state index is -0.505. The summed E-state index contributed by atoms with van der Waals surface area (Å²) in [5, 5.41) is 2.75. The number of ether oxygens (including phenoxy) is 2. The summed E-state index contributed by atoms with van der Waals surface area (Å²) in [6.07, 6.45) is 3.44. The molecule has 0 spiro atoms. The van der Waals surface area contributed by atoms with Crippen molar-refractivity contribution in [2.24, 2.45) is 11.7 Å². The monoisotopic (exact) mass is 346 g/mol. The summed E-state index contributed by atoms with van der Waals surface area (Å²) >= 11 is 0. The van der Waals surface area contributed by atoms with Crippen LogP contribution in [0.25, 0.3) is 0 Å². The van der Waals surface area contributed by atoms with Gasteiger partial charge in [0.05, 0.1) is 6.61 Å². The van der Waals surface area contributed by atoms with Crippen LogP contribution in [0.4, 0.5) is 10.1 Å². The van der Waals surface area contributed by atoms with Crippen LogP contribution < -0.4 is 15.8 Å². The van der Waals surface area contributed by atoms with E-state index in [2.05, 4.69) is 5.32 Å². The van der Waals surface area contributed by atoms with E-state index < -0.39 is 5.82 Å². The number of rotatable bonds is 6. The minimum Gasteiger partial charge on any atom is -0.488 e. The van der Waals surface area contributed by atoms with Gasteiger partial charge in [-0.2, -0.15) is 0 Å². The molecule has 2 rings (SSSR count). The number of carbonyl (C=O) groups excluding carboxylic acids is 1. The van der Waals surface area contributed by atoms with Crippen molar-refractivity contribution >= 4 is 24.0 Å². The Hall–Kier alpha value is -1.37. The van der Waals surface area contributed by atoms with Crippen LogP contribution in [0.15, 0.2) is 18.2 Å². The number of hydrogen-bond acceptors (Lipinski definition) is 4. The lowest BCUT2D eigenvalue weighted by molar-refractivity contribution is -0.120. The van der Waals surface area contributed by atoms with Gasteiger partial charge in [0.2, 0.25) is 5.91 Å². The summed E-state index contributed by atoms with van der Waals surface area (Å²) in [4.78, 5) is 12.2. The molecule has 0 radical (unpaired) electrons. The van der Waals surface area contributed by atoms with Gasteiger partial charge < -0.3 is 20.5 Å². The summed E-state index contributed by atoms with van der Waals surface area (Å²) in [6.45, 7) is 0.666. The Morgan fingerprint density at radius 3 is 2.83 bits per heavy atom. The van der Waals surface area contributed by atoms with Crippen molar-refractivity contribution in [1.29, 1.82) is 0 Å². The highest BCUT2D eigenvalue weighted by atomic mass is 35.5. The molecular formula is C16H24ClFN2O3. The molecule has 5 nitrogen and oxygen atoms in total. The van der Waals surface area contributed by atoms with E-state index in [0.717, 1.165) is 19.3 Å². The molecule has 130 valence electrons. The number of amides is 1. The molecule has 1 aromatic carbocycles. The molecule has 1 fully saturated rings. The molecule has 1 aromatic rings. The smallest absolute Gasteiger partial charge is 0.227 e. The topological polar surface area (TPSA) is 73.6 Å². The van der Waals surface area contributed by atoms with Gasteiger partial charge in [-0.1, -0.05) is 6.42 Å². The molecule has 0 aliphatic heterocycles. The van der Waals surface area contributed by atoms with E-state index in [0.29, 0.717) is 18.7 Å². The van der Waals surface area contributed by atoms with Gasteiger partial charge in [0, 0.05) is 30.8 Å². The van der Waals surface area contributed by atoms with Gasteiger partial charge in [0.15, 0.2) is 11.6 Å². The maximum atomic E-state index is 13.9. The van der Waals surface area contributed by atoms with E-state index in [1.807, 2.05) is 0 Å². The van der Waals surface area contributed by atoms with E-state index in [4.69, 9.17) is 15.2 Å². The first kappa shape index (κ1) is 19.7. The lowest BCUT2D eigenvalue weighted by atomic mass is 9.85. The molecule has 0 heterocycles. The molecule has 0 bridgehead atoms. The third kappa shape index (κ3) is 5.97. The van der Waals surface area contributed by atoms with E-state index in [1.165, 1.54) is 12.1 Å². The van der Waals surface area contributed by atoms with E-state index >= 15 is 0 Å². The normalized spacial score (nSPS) is 20.5. The average Bonchev–Trinajstić information content (AvgIpc) is 2.49. The Labute approximate surface area is 142 Å². The van der Waals surface area contributed by atoms with Gasteiger partial charge in [-0.15, -0.1) is 12.4 Å². The summed E-state index contributed by atoms with van der Waals surface area (Å²) in [7, 11) is 1.55. The molecule has 1 amide bonds. The van der Waals surface area contributed by atoms with Crippen molar-refractivity contribution in [1.82, 2.24) is 0 Å². The fraction of sp³-hybridized carbons (Fsp3) is 0.562. The first-order valence-corrected chi connectivity index (χ1v) is 7.58. The predicted molar refractivity (Wildman–Crippen MR) is 89.6 cm³/mol. The molecule has 3 N–H and O–H groups in total. The third-order valence-corrected chi connectivity index (χ3v) is 3.83. The van der Waals surface area contributed by atoms with Crippen LogP contribution in [0.1, 0.15) is 25.7 Å². The van der Waals surface area contributed by atoms with Crippen LogP contribution in [0.3, 0.4) is 0 Å². The predicted octanol–water partition coefficient (Wildman–Crippen LogP) is 2.73. The first-order chi connectivity index (χ1) is 10.6. The Morgan fingerprint density at radius 1 is 1.39 bits per heavy atom. The second-order valence-corrected chi connectivity index (χ2v) is 5.60. The Balaban J connectivity index is 0.00000264. The highest BCUT2D eigenvalue weighted by Crippen LogP contribution is 2.26. The fourth-order valence-electron chi connectivity index (χ4n) is 2.64. The van der Waals surface area contributed by atoms with Crippen molar-refractivity contribution in [3.05, 3.63) is 24.0 Å². The molecule has 1 aliphatic rings. The molecule has 1 aliphatic carbocycles. The average molecular weight is 347 g/mol. The number of hydrogen-bond donors (Lipinski definition) is 2. The van der Waals surface area contributed by atoms with E-state index in [1.54, 1.807) is 13.2 Å². The van der Waals surface area contributed by atoms with E-state index in [-0.39, 0.29) is 42.6 Å². The fourth-order valence-corrected chi connectivity index (χ4v) is 2.64. The van der Waals surface area contributed by atoms with Crippen LogP contribution in [0.5, 0.6) is 5.75 Å². The van der Waals surface area contributed by atoms with Gasteiger partial charge in [0.1, 0.15) is 6.61 Å². The van der Waals surface area contributed by atoms with Crippen LogP contribution in [-0.2, 0) is 9.53 Å². The highest BCUT2D eigenvalue weighted by molar-refractivity contribution is 5.92. The van der Waals surface area contributed by atoms with Crippen molar-refractivity contribution < 1.29 is 18.7 Å². The molecule has 0 saturated heterocycles. The van der Waals surface area contributed by atoms with Crippen LogP contribution in [-0.4, -0.2) is 32.3 Å². The van der Waals surface area contributed by atoms with Crippen molar-refractivity contribution in [2.75, 3.05) is 25.6 Å². The third-order valence-electron chi connectivity index (χ3n) is 3.83. The zero-order valence-electron chi connectivity index (χ0n) is 13.2. The Morgan fingerprint density at radius 2 is 2.17 bits per heavy atom. The number of carbonyl (C=O) groups is 1. The van der Waals surface area contributed by atoms with Gasteiger partial charge in [0.25, 0.3) is 0 Å². The second kappa shape index (κ2) is 9.70. The maximum Gasteiger partial charge on any atom is 0.227 e. The maximum absolute atomic E-state index is 13.9. The lowest BCUT2D eigenvalue weighted by Gasteiger charge is -2.25. The van der Waals surface area contributed by atoms with Gasteiger partial charge >= 0.3 is 0 Å². The van der Waals surface area contributed by atoms with Gasteiger partial charge in [-0.25, -0.2) is 4.39 Å². The van der Waals surface area contributed by atoms with Gasteiger partial charge in [-0.3, -0.25) is 4.79 Å². The number of halogens is 2. The van der Waals surface area contributed by atoms with E-state index in [9.17, 15) is 9.18 Å². The van der Waals surface area contributed by atoms with Crippen LogP contribution >= 0.6 is 12.4 Å². The minimum absolute atomic E-state index is 0. The number of nitrogens with one attached hydrogen (secondary N) is 1. The lowest BCUT2D eigenvalue weighted by Crippen LogP contribution is -2.34. The highest BCUT2D eigenvalue weighted by Gasteiger charge is 2.25. The standard InChI is InChI=1S/C16H23FN2O3.ClH/c1-21-7-8-22-15-6-5-13(10-14(15)17)19-16(20)11-3-2-4-12(18)9-11;/h5-6,10-12H,2-4,7-9,18H2,1H3,(H,19,20);1H. The summed E-state index contributed by atoms with van der Waals surface area (Å²) in [6, 6.07) is 4.49. The van der Waals surface area contributed by atoms with Crippen molar-refractivity contribution in [3.63, 3.8) is 0 Å². The summed E-state index contributed by atoms with van der Waals surface area (Å²) < 4.78 is 24.0. The largest absolute Gasteiger partial charge is 0.488 e. The molecule has 7 heteroatoms. The Bertz CT molecular complexity index is 516. The second-order valence-electron chi connectivity index (χ2n) is 5.60. The Kier molecular flexibility index (Phi) is 8.30. The number of anilines is 1. The van der Waals surface area contributed by atoms with Crippen molar-refractivity contribution in [2.45, 2.75) is 31.7 Å². The zero-order chi connectivity index (χ0) is 15.9. The number of methoxy groups -OCH3 is 1. The molecular weight excluding hydrogens is 323 g/mol. The molecule has 0 aromatic heterocycles.